The number of piperidine rings is 2. The Kier molecular flexibility index (Phi) is 4.19. The summed E-state index contributed by atoms with van der Waals surface area (Å²) in [5.41, 5.74) is -0.359. The van der Waals surface area contributed by atoms with Crippen molar-refractivity contribution < 1.29 is 8.42 Å². The minimum Gasteiger partial charge on any atom is -0.198 e. The van der Waals surface area contributed by atoms with Crippen molar-refractivity contribution in [3.63, 3.8) is 0 Å². The minimum atomic E-state index is -3.31. The molecule has 0 saturated carbocycles. The molecule has 2 fully saturated rings. The van der Waals surface area contributed by atoms with Gasteiger partial charge in [-0.25, -0.2) is 0 Å². The van der Waals surface area contributed by atoms with Crippen molar-refractivity contribution in [2.45, 2.75) is 39.5 Å². The predicted octanol–water partition coefficient (Wildman–Crippen LogP) is 1.59. The zero-order valence-electron chi connectivity index (χ0n) is 11.8. The van der Waals surface area contributed by atoms with Crippen molar-refractivity contribution in [2.75, 3.05) is 26.2 Å². The van der Waals surface area contributed by atoms with Gasteiger partial charge >= 0.3 is 0 Å². The molecule has 2 saturated heterocycles. The number of rotatable bonds is 2. The molecule has 0 N–H and O–H groups in total. The second-order valence-electron chi connectivity index (χ2n) is 6.16. The predicted molar refractivity (Wildman–Crippen MR) is 73.4 cm³/mol. The van der Waals surface area contributed by atoms with E-state index in [9.17, 15) is 8.42 Å². The second-order valence-corrected chi connectivity index (χ2v) is 8.09. The van der Waals surface area contributed by atoms with Crippen LogP contribution in [0.3, 0.4) is 0 Å². The molecule has 0 aromatic heterocycles. The van der Waals surface area contributed by atoms with Gasteiger partial charge < -0.3 is 0 Å². The Morgan fingerprint density at radius 3 is 2.05 bits per heavy atom. The Labute approximate surface area is 116 Å². The van der Waals surface area contributed by atoms with E-state index < -0.39 is 10.2 Å². The Hall–Kier alpha value is -0.640. The molecular weight excluding hydrogens is 262 g/mol. The molecule has 5 nitrogen and oxygen atoms in total. The SMILES string of the molecule is CC1CCN(S(=O)(=O)N2CCC(C)(C#N)CC2)CC1. The molecule has 2 aliphatic heterocycles. The minimum absolute atomic E-state index is 0.359. The third-order valence-electron chi connectivity index (χ3n) is 4.49. The van der Waals surface area contributed by atoms with Crippen LogP contribution in [0.25, 0.3) is 0 Å². The van der Waals surface area contributed by atoms with Crippen LogP contribution in [0, 0.1) is 22.7 Å². The highest BCUT2D eigenvalue weighted by molar-refractivity contribution is 7.86. The Balaban J connectivity index is 2.00. The second kappa shape index (κ2) is 5.39. The Morgan fingerprint density at radius 2 is 1.58 bits per heavy atom. The van der Waals surface area contributed by atoms with Crippen molar-refractivity contribution in [3.8, 4) is 6.07 Å². The number of nitriles is 1. The molecule has 0 atom stereocenters. The van der Waals surface area contributed by atoms with E-state index in [1.54, 1.807) is 8.61 Å². The van der Waals surface area contributed by atoms with Crippen molar-refractivity contribution in [1.29, 1.82) is 5.26 Å². The zero-order valence-corrected chi connectivity index (χ0v) is 12.6. The van der Waals surface area contributed by atoms with E-state index in [1.165, 1.54) is 0 Å². The highest BCUT2D eigenvalue weighted by Crippen LogP contribution is 2.32. The maximum Gasteiger partial charge on any atom is 0.281 e. The van der Waals surface area contributed by atoms with Crippen LogP contribution in [-0.4, -0.2) is 43.2 Å². The van der Waals surface area contributed by atoms with E-state index in [0.29, 0.717) is 44.9 Å². The van der Waals surface area contributed by atoms with Crippen LogP contribution in [0.15, 0.2) is 0 Å². The lowest BCUT2D eigenvalue weighted by atomic mass is 9.83. The molecule has 0 unspecified atom stereocenters. The molecule has 0 spiro atoms. The van der Waals surface area contributed by atoms with Gasteiger partial charge in [0, 0.05) is 26.2 Å². The molecule has 0 aromatic carbocycles. The summed E-state index contributed by atoms with van der Waals surface area (Å²) < 4.78 is 28.2. The lowest BCUT2D eigenvalue weighted by Gasteiger charge is -2.38. The summed E-state index contributed by atoms with van der Waals surface area (Å²) in [6.07, 6.45) is 3.16. The molecule has 0 radical (unpaired) electrons. The van der Waals surface area contributed by atoms with E-state index in [1.807, 2.05) is 6.92 Å². The van der Waals surface area contributed by atoms with Crippen LogP contribution < -0.4 is 0 Å². The summed E-state index contributed by atoms with van der Waals surface area (Å²) in [6.45, 7) is 6.30. The lowest BCUT2D eigenvalue weighted by Crippen LogP contribution is -2.50. The van der Waals surface area contributed by atoms with Crippen LogP contribution in [0.2, 0.25) is 0 Å². The average molecular weight is 285 g/mol. The van der Waals surface area contributed by atoms with Crippen molar-refractivity contribution in [1.82, 2.24) is 8.61 Å². The standard InChI is InChI=1S/C13H23N3O2S/c1-12-3-7-15(8-4-12)19(17,18)16-9-5-13(2,11-14)6-10-16/h12H,3-10H2,1-2H3. The Bertz CT molecular complexity index is 453. The third-order valence-corrected chi connectivity index (χ3v) is 6.53. The van der Waals surface area contributed by atoms with Gasteiger partial charge in [0.25, 0.3) is 10.2 Å². The fraction of sp³-hybridized carbons (Fsp3) is 0.923. The van der Waals surface area contributed by atoms with Gasteiger partial charge in [-0.2, -0.15) is 22.3 Å². The first kappa shape index (κ1) is 14.8. The van der Waals surface area contributed by atoms with Crippen LogP contribution >= 0.6 is 0 Å². The molecule has 108 valence electrons. The van der Waals surface area contributed by atoms with Gasteiger partial charge in [-0.15, -0.1) is 0 Å². The normalized spacial score (nSPS) is 27.0. The van der Waals surface area contributed by atoms with Crippen LogP contribution in [0.1, 0.15) is 39.5 Å². The van der Waals surface area contributed by atoms with E-state index in [4.69, 9.17) is 5.26 Å². The van der Waals surface area contributed by atoms with Gasteiger partial charge in [0.05, 0.1) is 11.5 Å². The molecule has 6 heteroatoms. The van der Waals surface area contributed by atoms with Gasteiger partial charge in [-0.05, 0) is 38.5 Å². The maximum absolute atomic E-state index is 12.5. The quantitative estimate of drug-likeness (QED) is 0.774. The first-order valence-corrected chi connectivity index (χ1v) is 8.43. The topological polar surface area (TPSA) is 64.4 Å². The molecule has 2 rings (SSSR count). The maximum atomic E-state index is 12.5. The van der Waals surface area contributed by atoms with Crippen molar-refractivity contribution in [3.05, 3.63) is 0 Å². The molecule has 0 amide bonds. The zero-order chi connectivity index (χ0) is 14.1. The fourth-order valence-electron chi connectivity index (χ4n) is 2.70. The van der Waals surface area contributed by atoms with Gasteiger partial charge in [0.1, 0.15) is 0 Å². The summed E-state index contributed by atoms with van der Waals surface area (Å²) in [7, 11) is -3.31. The molecule has 2 heterocycles. The smallest absolute Gasteiger partial charge is 0.198 e. The summed E-state index contributed by atoms with van der Waals surface area (Å²) in [5, 5.41) is 9.09. The number of hydrogen-bond donors (Lipinski definition) is 0. The summed E-state index contributed by atoms with van der Waals surface area (Å²) >= 11 is 0. The third kappa shape index (κ3) is 3.10. The monoisotopic (exact) mass is 285 g/mol. The summed E-state index contributed by atoms with van der Waals surface area (Å²) in [4.78, 5) is 0. The van der Waals surface area contributed by atoms with Gasteiger partial charge in [-0.1, -0.05) is 6.92 Å². The highest BCUT2D eigenvalue weighted by atomic mass is 32.2. The average Bonchev–Trinajstić information content (AvgIpc) is 2.40. The van der Waals surface area contributed by atoms with Crippen molar-refractivity contribution >= 4 is 10.2 Å². The summed E-state index contributed by atoms with van der Waals surface area (Å²) in [5.74, 6) is 0.620. The molecule has 19 heavy (non-hydrogen) atoms. The van der Waals surface area contributed by atoms with Gasteiger partial charge in [-0.3, -0.25) is 0 Å². The molecular formula is C13H23N3O2S. The lowest BCUT2D eigenvalue weighted by molar-refractivity contribution is 0.208. The first-order valence-electron chi connectivity index (χ1n) is 7.04. The van der Waals surface area contributed by atoms with E-state index in [0.717, 1.165) is 12.8 Å². The van der Waals surface area contributed by atoms with Crippen LogP contribution in [0.5, 0.6) is 0 Å². The highest BCUT2D eigenvalue weighted by Gasteiger charge is 2.38. The van der Waals surface area contributed by atoms with Gasteiger partial charge in [0.15, 0.2) is 0 Å². The number of nitrogens with zero attached hydrogens (tertiary/aromatic N) is 3. The first-order chi connectivity index (χ1) is 8.87. The molecule has 2 aliphatic rings. The van der Waals surface area contributed by atoms with Crippen LogP contribution in [0.4, 0.5) is 0 Å². The summed E-state index contributed by atoms with van der Waals surface area (Å²) in [6, 6.07) is 2.30. The number of hydrogen-bond acceptors (Lipinski definition) is 3. The molecule has 0 aromatic rings. The van der Waals surface area contributed by atoms with E-state index in [-0.39, 0.29) is 5.41 Å². The largest absolute Gasteiger partial charge is 0.281 e. The van der Waals surface area contributed by atoms with Crippen LogP contribution in [-0.2, 0) is 10.2 Å². The van der Waals surface area contributed by atoms with Crippen molar-refractivity contribution in [2.24, 2.45) is 11.3 Å². The molecule has 0 bridgehead atoms. The van der Waals surface area contributed by atoms with E-state index >= 15 is 0 Å². The Morgan fingerprint density at radius 1 is 1.11 bits per heavy atom. The van der Waals surface area contributed by atoms with Gasteiger partial charge in [0.2, 0.25) is 0 Å². The van der Waals surface area contributed by atoms with E-state index in [2.05, 4.69) is 13.0 Å². The molecule has 0 aliphatic carbocycles. The fourth-order valence-corrected chi connectivity index (χ4v) is 4.34.